The number of thiophene rings is 1. The molecule has 1 fully saturated rings. The molecule has 2 nitrogen and oxygen atoms in total. The molecule has 0 aliphatic heterocycles. The lowest BCUT2D eigenvalue weighted by atomic mass is 9.86. The Bertz CT molecular complexity index is 299. The van der Waals surface area contributed by atoms with Crippen LogP contribution in [0.25, 0.3) is 0 Å². The second-order valence-electron chi connectivity index (χ2n) is 4.76. The van der Waals surface area contributed by atoms with Crippen LogP contribution in [0.1, 0.15) is 43.5 Å². The zero-order valence-corrected chi connectivity index (χ0v) is 10.7. The summed E-state index contributed by atoms with van der Waals surface area (Å²) in [5.41, 5.74) is 0. The Morgan fingerprint density at radius 1 is 1.50 bits per heavy atom. The fraction of sp³-hybridized carbons (Fsp3) is 0.692. The third-order valence-electron chi connectivity index (χ3n) is 3.53. The van der Waals surface area contributed by atoms with Crippen LogP contribution in [0.2, 0.25) is 0 Å². The summed E-state index contributed by atoms with van der Waals surface area (Å²) in [4.78, 5) is 1.38. The first-order valence-corrected chi connectivity index (χ1v) is 7.10. The van der Waals surface area contributed by atoms with E-state index in [-0.39, 0.29) is 6.10 Å². The largest absolute Gasteiger partial charge is 0.393 e. The van der Waals surface area contributed by atoms with Crippen LogP contribution in [-0.4, -0.2) is 17.8 Å². The van der Waals surface area contributed by atoms with Gasteiger partial charge in [0.05, 0.1) is 6.10 Å². The predicted molar refractivity (Wildman–Crippen MR) is 68.7 cm³/mol. The fourth-order valence-corrected chi connectivity index (χ4v) is 3.15. The minimum Gasteiger partial charge on any atom is -0.393 e. The Morgan fingerprint density at radius 3 is 3.00 bits per heavy atom. The monoisotopic (exact) mass is 239 g/mol. The summed E-state index contributed by atoms with van der Waals surface area (Å²) in [5.74, 6) is 0.455. The van der Waals surface area contributed by atoms with Crippen LogP contribution in [0.5, 0.6) is 0 Å². The van der Waals surface area contributed by atoms with Gasteiger partial charge in [-0.25, -0.2) is 0 Å². The van der Waals surface area contributed by atoms with Crippen LogP contribution in [0.15, 0.2) is 17.5 Å². The van der Waals surface area contributed by atoms with Crippen molar-refractivity contribution >= 4 is 11.3 Å². The highest BCUT2D eigenvalue weighted by atomic mass is 32.1. The maximum Gasteiger partial charge on any atom is 0.0580 e. The van der Waals surface area contributed by atoms with Crippen molar-refractivity contribution in [1.29, 1.82) is 0 Å². The van der Waals surface area contributed by atoms with Crippen molar-refractivity contribution in [2.24, 2.45) is 5.92 Å². The molecule has 1 aliphatic carbocycles. The summed E-state index contributed by atoms with van der Waals surface area (Å²) < 4.78 is 0. The maximum atomic E-state index is 9.88. The molecule has 2 rings (SSSR count). The van der Waals surface area contributed by atoms with Gasteiger partial charge >= 0.3 is 0 Å². The van der Waals surface area contributed by atoms with Crippen LogP contribution >= 0.6 is 11.3 Å². The summed E-state index contributed by atoms with van der Waals surface area (Å²) in [5, 5.41) is 15.5. The Balaban J connectivity index is 1.78. The lowest BCUT2D eigenvalue weighted by molar-refractivity contribution is 0.0684. The van der Waals surface area contributed by atoms with E-state index in [4.69, 9.17) is 0 Å². The van der Waals surface area contributed by atoms with Gasteiger partial charge in [-0.2, -0.15) is 0 Å². The van der Waals surface area contributed by atoms with Crippen LogP contribution < -0.4 is 5.32 Å². The molecule has 16 heavy (non-hydrogen) atoms. The van der Waals surface area contributed by atoms with Crippen molar-refractivity contribution in [3.8, 4) is 0 Å². The smallest absolute Gasteiger partial charge is 0.0580 e. The molecule has 1 aromatic heterocycles. The highest BCUT2D eigenvalue weighted by Gasteiger charge is 2.23. The predicted octanol–water partition coefficient (Wildman–Crippen LogP) is 2.95. The van der Waals surface area contributed by atoms with Crippen molar-refractivity contribution in [3.05, 3.63) is 22.4 Å². The Hall–Kier alpha value is -0.380. The number of nitrogens with one attached hydrogen (secondary N) is 1. The van der Waals surface area contributed by atoms with Gasteiger partial charge in [0.25, 0.3) is 0 Å². The number of aliphatic hydroxyl groups is 1. The Morgan fingerprint density at radius 2 is 2.31 bits per heavy atom. The first kappa shape index (κ1) is 12.1. The average Bonchev–Trinajstić information content (AvgIpc) is 2.81. The van der Waals surface area contributed by atoms with Gasteiger partial charge in [-0.3, -0.25) is 0 Å². The summed E-state index contributed by atoms with van der Waals surface area (Å²) in [6.45, 7) is 3.14. The Labute approximate surface area is 102 Å². The van der Waals surface area contributed by atoms with Gasteiger partial charge in [0.1, 0.15) is 0 Å². The first-order valence-electron chi connectivity index (χ1n) is 6.22. The Kier molecular flexibility index (Phi) is 4.38. The van der Waals surface area contributed by atoms with Gasteiger partial charge in [-0.05, 0) is 37.1 Å². The van der Waals surface area contributed by atoms with Gasteiger partial charge in [0, 0.05) is 17.5 Å². The molecule has 90 valence electrons. The van der Waals surface area contributed by atoms with Gasteiger partial charge in [0.2, 0.25) is 0 Å². The van der Waals surface area contributed by atoms with Gasteiger partial charge in [-0.1, -0.05) is 18.9 Å². The number of rotatable bonds is 4. The van der Waals surface area contributed by atoms with Gasteiger partial charge < -0.3 is 10.4 Å². The van der Waals surface area contributed by atoms with E-state index in [1.54, 1.807) is 11.3 Å². The van der Waals surface area contributed by atoms with E-state index in [1.807, 2.05) is 0 Å². The average molecular weight is 239 g/mol. The molecular weight excluding hydrogens is 218 g/mol. The first-order chi connectivity index (χ1) is 7.77. The summed E-state index contributed by atoms with van der Waals surface area (Å²) in [7, 11) is 0. The summed E-state index contributed by atoms with van der Waals surface area (Å²) >= 11 is 1.79. The van der Waals surface area contributed by atoms with Crippen LogP contribution in [0.4, 0.5) is 0 Å². The SMILES string of the molecule is CC(NCC1CCCCC1O)c1cccs1. The van der Waals surface area contributed by atoms with Crippen LogP contribution in [0, 0.1) is 5.92 Å². The lowest BCUT2D eigenvalue weighted by Crippen LogP contribution is -2.34. The second kappa shape index (κ2) is 5.80. The zero-order valence-electron chi connectivity index (χ0n) is 9.86. The van der Waals surface area contributed by atoms with Crippen LogP contribution in [-0.2, 0) is 0 Å². The molecule has 1 saturated carbocycles. The molecule has 2 N–H and O–H groups in total. The highest BCUT2D eigenvalue weighted by Crippen LogP contribution is 2.25. The zero-order chi connectivity index (χ0) is 11.4. The van der Waals surface area contributed by atoms with Gasteiger partial charge in [0.15, 0.2) is 0 Å². The van der Waals surface area contributed by atoms with Crippen LogP contribution in [0.3, 0.4) is 0 Å². The molecular formula is C13H21NOS. The van der Waals surface area contributed by atoms with Gasteiger partial charge in [-0.15, -0.1) is 11.3 Å². The van der Waals surface area contributed by atoms with E-state index in [0.717, 1.165) is 13.0 Å². The second-order valence-corrected chi connectivity index (χ2v) is 5.74. The standard InChI is InChI=1S/C13H21NOS/c1-10(13-7-4-8-16-13)14-9-11-5-2-3-6-12(11)15/h4,7-8,10-12,14-15H,2-3,5-6,9H2,1H3. The van der Waals surface area contributed by atoms with Crippen molar-refractivity contribution < 1.29 is 5.11 Å². The minimum absolute atomic E-state index is 0.0863. The molecule has 3 atom stereocenters. The van der Waals surface area contributed by atoms with E-state index >= 15 is 0 Å². The molecule has 3 unspecified atom stereocenters. The van der Waals surface area contributed by atoms with E-state index in [2.05, 4.69) is 29.8 Å². The maximum absolute atomic E-state index is 9.88. The molecule has 0 spiro atoms. The minimum atomic E-state index is -0.0863. The third kappa shape index (κ3) is 3.06. The molecule has 1 heterocycles. The molecule has 1 aromatic rings. The molecule has 3 heteroatoms. The summed E-state index contributed by atoms with van der Waals surface area (Å²) in [6.07, 6.45) is 4.54. The number of hydrogen-bond donors (Lipinski definition) is 2. The van der Waals surface area contributed by atoms with E-state index in [9.17, 15) is 5.11 Å². The third-order valence-corrected chi connectivity index (χ3v) is 4.58. The van der Waals surface area contributed by atoms with E-state index < -0.39 is 0 Å². The molecule has 0 radical (unpaired) electrons. The van der Waals surface area contributed by atoms with Crippen molar-refractivity contribution in [3.63, 3.8) is 0 Å². The quantitative estimate of drug-likeness (QED) is 0.846. The van der Waals surface area contributed by atoms with Crippen molar-refractivity contribution in [2.75, 3.05) is 6.54 Å². The molecule has 0 amide bonds. The topological polar surface area (TPSA) is 32.3 Å². The van der Waals surface area contributed by atoms with Crippen molar-refractivity contribution in [1.82, 2.24) is 5.32 Å². The summed E-state index contributed by atoms with van der Waals surface area (Å²) in [6, 6.07) is 4.67. The molecule has 0 saturated heterocycles. The number of hydrogen-bond acceptors (Lipinski definition) is 3. The lowest BCUT2D eigenvalue weighted by Gasteiger charge is -2.28. The van der Waals surface area contributed by atoms with E-state index in [0.29, 0.717) is 12.0 Å². The molecule has 0 aromatic carbocycles. The molecule has 1 aliphatic rings. The highest BCUT2D eigenvalue weighted by molar-refractivity contribution is 7.10. The van der Waals surface area contributed by atoms with Crippen molar-refractivity contribution in [2.45, 2.75) is 44.8 Å². The van der Waals surface area contributed by atoms with E-state index in [1.165, 1.54) is 24.1 Å². The number of aliphatic hydroxyl groups excluding tert-OH is 1. The fourth-order valence-electron chi connectivity index (χ4n) is 2.39. The molecule has 0 bridgehead atoms. The normalized spacial score (nSPS) is 27.9.